The van der Waals surface area contributed by atoms with Gasteiger partial charge in [-0.15, -0.1) is 0 Å². The quantitative estimate of drug-likeness (QED) is 0.763. The van der Waals surface area contributed by atoms with E-state index in [2.05, 4.69) is 4.84 Å². The smallest absolute Gasteiger partial charge is 0.267 e. The van der Waals surface area contributed by atoms with Crippen LogP contribution in [0, 0.1) is 5.82 Å². The van der Waals surface area contributed by atoms with Gasteiger partial charge in [-0.3, -0.25) is 4.79 Å². The molecule has 1 N–H and O–H groups in total. The third kappa shape index (κ3) is 3.06. The van der Waals surface area contributed by atoms with E-state index >= 15 is 0 Å². The second kappa shape index (κ2) is 4.61. The normalized spacial score (nSPS) is 10.3. The van der Waals surface area contributed by atoms with Crippen LogP contribution >= 0.6 is 0 Å². The Morgan fingerprint density at radius 1 is 1.43 bits per heavy atom. The van der Waals surface area contributed by atoms with Gasteiger partial charge in [-0.05, 0) is 18.2 Å². The van der Waals surface area contributed by atoms with Crippen LogP contribution in [0.3, 0.4) is 0 Å². The van der Waals surface area contributed by atoms with Crippen molar-refractivity contribution in [3.05, 3.63) is 35.6 Å². The number of amides is 1. The molecule has 0 atom stereocenters. The number of hydrogen-bond acceptors (Lipinski definition) is 2. The Bertz CT molecular complexity index is 330. The lowest BCUT2D eigenvalue weighted by atomic mass is 10.2. The van der Waals surface area contributed by atoms with Crippen molar-refractivity contribution in [3.63, 3.8) is 0 Å². The molecule has 3 nitrogen and oxygen atoms in total. The molecule has 0 saturated heterocycles. The van der Waals surface area contributed by atoms with E-state index in [0.717, 1.165) is 12.1 Å². The van der Waals surface area contributed by atoms with Crippen LogP contribution in [-0.2, 0) is 4.84 Å². The third-order valence-electron chi connectivity index (χ3n) is 1.33. The summed E-state index contributed by atoms with van der Waals surface area (Å²) in [5.41, 5.74) is 1.38. The van der Waals surface area contributed by atoms with E-state index in [1.807, 2.05) is 0 Å². The maximum Gasteiger partial charge on any atom is 0.364 e. The zero-order valence-corrected chi connectivity index (χ0v) is 6.84. The highest BCUT2D eigenvalue weighted by molar-refractivity contribution is 5.93. The van der Waals surface area contributed by atoms with Gasteiger partial charge >= 0.3 is 6.61 Å². The van der Waals surface area contributed by atoms with Gasteiger partial charge in [0.25, 0.3) is 5.91 Å². The summed E-state index contributed by atoms with van der Waals surface area (Å²) in [5, 5.41) is 0. The molecule has 0 aromatic heterocycles. The number of hydroxylamine groups is 1. The molecule has 14 heavy (non-hydrogen) atoms. The zero-order valence-electron chi connectivity index (χ0n) is 6.84. The van der Waals surface area contributed by atoms with Gasteiger partial charge in [-0.25, -0.2) is 14.7 Å². The van der Waals surface area contributed by atoms with Gasteiger partial charge in [0.1, 0.15) is 5.82 Å². The largest absolute Gasteiger partial charge is 0.364 e. The number of benzene rings is 1. The minimum atomic E-state index is -3.10. The highest BCUT2D eigenvalue weighted by Gasteiger charge is 2.09. The standard InChI is InChI=1S/C8H6F3NO2/c9-6-3-1-2-5(4-6)7(13)12-14-8(10)11/h1-4,8H,(H,12,13). The molecule has 0 aliphatic heterocycles. The first kappa shape index (κ1) is 10.5. The second-order valence-electron chi connectivity index (χ2n) is 2.32. The number of carbonyl (C=O) groups is 1. The van der Waals surface area contributed by atoms with Crippen LogP contribution in [0.1, 0.15) is 10.4 Å². The van der Waals surface area contributed by atoms with E-state index in [9.17, 15) is 18.0 Å². The summed E-state index contributed by atoms with van der Waals surface area (Å²) in [4.78, 5) is 14.5. The fourth-order valence-corrected chi connectivity index (χ4v) is 0.787. The molecule has 0 heterocycles. The Hall–Kier alpha value is -1.56. The molecule has 76 valence electrons. The number of carbonyl (C=O) groups excluding carboxylic acids is 1. The predicted molar refractivity (Wildman–Crippen MR) is 41.0 cm³/mol. The minimum Gasteiger partial charge on any atom is -0.267 e. The Morgan fingerprint density at radius 3 is 2.71 bits per heavy atom. The molecule has 0 unspecified atom stereocenters. The Kier molecular flexibility index (Phi) is 3.47. The lowest BCUT2D eigenvalue weighted by Crippen LogP contribution is -2.26. The third-order valence-corrected chi connectivity index (χ3v) is 1.33. The molecule has 1 aromatic rings. The van der Waals surface area contributed by atoms with Gasteiger partial charge in [0.15, 0.2) is 0 Å². The van der Waals surface area contributed by atoms with E-state index in [1.54, 1.807) is 0 Å². The summed E-state index contributed by atoms with van der Waals surface area (Å²) >= 11 is 0. The lowest BCUT2D eigenvalue weighted by Gasteiger charge is -2.03. The molecule has 6 heteroatoms. The van der Waals surface area contributed by atoms with Crippen LogP contribution in [0.25, 0.3) is 0 Å². The highest BCUT2D eigenvalue weighted by atomic mass is 19.3. The van der Waals surface area contributed by atoms with Gasteiger partial charge in [0, 0.05) is 5.56 Å². The first-order chi connectivity index (χ1) is 6.59. The van der Waals surface area contributed by atoms with Gasteiger partial charge in [0.2, 0.25) is 0 Å². The highest BCUT2D eigenvalue weighted by Crippen LogP contribution is 2.03. The first-order valence-corrected chi connectivity index (χ1v) is 3.59. The van der Waals surface area contributed by atoms with E-state index in [-0.39, 0.29) is 5.56 Å². The topological polar surface area (TPSA) is 38.3 Å². The Labute approximate surface area is 77.4 Å². The average Bonchev–Trinajstić information content (AvgIpc) is 2.14. The van der Waals surface area contributed by atoms with Crippen LogP contribution in [-0.4, -0.2) is 12.5 Å². The summed E-state index contributed by atoms with van der Waals surface area (Å²) in [7, 11) is 0. The van der Waals surface area contributed by atoms with Crippen molar-refractivity contribution >= 4 is 5.91 Å². The molecule has 0 radical (unpaired) electrons. The number of nitrogens with one attached hydrogen (secondary N) is 1. The van der Waals surface area contributed by atoms with Gasteiger partial charge in [-0.2, -0.15) is 8.78 Å². The number of halogens is 3. The molecule has 0 bridgehead atoms. The monoisotopic (exact) mass is 205 g/mol. The van der Waals surface area contributed by atoms with Crippen molar-refractivity contribution in [2.45, 2.75) is 6.61 Å². The Morgan fingerprint density at radius 2 is 2.14 bits per heavy atom. The first-order valence-electron chi connectivity index (χ1n) is 3.59. The molecule has 1 aromatic carbocycles. The maximum atomic E-state index is 12.6. The molecule has 0 spiro atoms. The zero-order chi connectivity index (χ0) is 10.6. The predicted octanol–water partition coefficient (Wildman–Crippen LogP) is 1.71. The van der Waals surface area contributed by atoms with Gasteiger partial charge in [-0.1, -0.05) is 6.07 Å². The maximum absolute atomic E-state index is 12.6. The van der Waals surface area contributed by atoms with Crippen LogP contribution in [0.4, 0.5) is 13.2 Å². The summed E-state index contributed by atoms with van der Waals surface area (Å²) in [6.07, 6.45) is 0. The molecule has 1 amide bonds. The summed E-state index contributed by atoms with van der Waals surface area (Å²) < 4.78 is 35.5. The fourth-order valence-electron chi connectivity index (χ4n) is 0.787. The van der Waals surface area contributed by atoms with Crippen LogP contribution < -0.4 is 5.48 Å². The van der Waals surface area contributed by atoms with Crippen molar-refractivity contribution in [3.8, 4) is 0 Å². The van der Waals surface area contributed by atoms with E-state index in [4.69, 9.17) is 0 Å². The average molecular weight is 205 g/mol. The summed E-state index contributed by atoms with van der Waals surface area (Å²) in [5.74, 6) is -1.56. The van der Waals surface area contributed by atoms with E-state index in [1.165, 1.54) is 17.6 Å². The molecular weight excluding hydrogens is 199 g/mol. The molecule has 0 saturated carbocycles. The van der Waals surface area contributed by atoms with Crippen molar-refractivity contribution < 1.29 is 22.8 Å². The lowest BCUT2D eigenvalue weighted by molar-refractivity contribution is -0.160. The summed E-state index contributed by atoms with van der Waals surface area (Å²) in [6.45, 7) is -3.10. The second-order valence-corrected chi connectivity index (χ2v) is 2.32. The summed E-state index contributed by atoms with van der Waals surface area (Å²) in [6, 6.07) is 4.59. The molecule has 0 aliphatic carbocycles. The van der Waals surface area contributed by atoms with Gasteiger partial charge in [0.05, 0.1) is 0 Å². The van der Waals surface area contributed by atoms with E-state index in [0.29, 0.717) is 0 Å². The fraction of sp³-hybridized carbons (Fsp3) is 0.125. The van der Waals surface area contributed by atoms with Crippen LogP contribution in [0.5, 0.6) is 0 Å². The number of alkyl halides is 2. The molecule has 0 fully saturated rings. The SMILES string of the molecule is O=C(NOC(F)F)c1cccc(F)c1. The van der Waals surface area contributed by atoms with E-state index < -0.39 is 18.3 Å². The van der Waals surface area contributed by atoms with Crippen LogP contribution in [0.2, 0.25) is 0 Å². The van der Waals surface area contributed by atoms with Gasteiger partial charge < -0.3 is 0 Å². The Balaban J connectivity index is 2.61. The minimum absolute atomic E-state index is 0.0920. The van der Waals surface area contributed by atoms with Crippen molar-refractivity contribution in [1.29, 1.82) is 0 Å². The number of rotatable bonds is 3. The number of hydrogen-bond donors (Lipinski definition) is 1. The van der Waals surface area contributed by atoms with Crippen molar-refractivity contribution in [2.75, 3.05) is 0 Å². The molecular formula is C8H6F3NO2. The molecule has 0 aliphatic rings. The van der Waals surface area contributed by atoms with Crippen LogP contribution in [0.15, 0.2) is 24.3 Å². The van der Waals surface area contributed by atoms with Crippen molar-refractivity contribution in [2.24, 2.45) is 0 Å². The van der Waals surface area contributed by atoms with Crippen molar-refractivity contribution in [1.82, 2.24) is 5.48 Å². The molecule has 1 rings (SSSR count).